The van der Waals surface area contributed by atoms with Crippen molar-refractivity contribution in [2.75, 3.05) is 5.32 Å². The van der Waals surface area contributed by atoms with E-state index in [-0.39, 0.29) is 18.7 Å². The molecular weight excluding hydrogens is 229 g/mol. The van der Waals surface area contributed by atoms with Crippen molar-refractivity contribution in [2.24, 2.45) is 0 Å². The molecule has 1 aromatic rings. The topological polar surface area (TPSA) is 24.9 Å². The number of aromatic nitrogens is 1. The van der Waals surface area contributed by atoms with E-state index in [0.29, 0.717) is 5.02 Å². The number of alkyl halides is 3. The molecule has 0 atom stereocenters. The Kier molecular flexibility index (Phi) is 2.30. The molecule has 15 heavy (non-hydrogen) atoms. The minimum atomic E-state index is -4.23. The number of rotatable bonds is 2. The third-order valence-corrected chi connectivity index (χ3v) is 2.61. The van der Waals surface area contributed by atoms with Crippen LogP contribution in [0.25, 0.3) is 0 Å². The number of hydrogen-bond acceptors (Lipinski definition) is 2. The normalized spacial score (nSPS) is 18.7. The number of nitrogens with zero attached hydrogens (tertiary/aromatic N) is 1. The monoisotopic (exact) mass is 236 g/mol. The molecule has 0 aromatic carbocycles. The summed E-state index contributed by atoms with van der Waals surface area (Å²) in [6, 6.07) is 2.94. The largest absolute Gasteiger partial charge is 0.411 e. The Morgan fingerprint density at radius 2 is 2.00 bits per heavy atom. The fourth-order valence-electron chi connectivity index (χ4n) is 1.30. The van der Waals surface area contributed by atoms with E-state index < -0.39 is 11.7 Å². The molecule has 0 spiro atoms. The molecule has 1 N–H and O–H groups in total. The summed E-state index contributed by atoms with van der Waals surface area (Å²) >= 11 is 5.58. The Labute approximate surface area is 89.5 Å². The first kappa shape index (κ1) is 10.5. The molecule has 0 amide bonds. The molecule has 2 nitrogen and oxygen atoms in total. The zero-order valence-corrected chi connectivity index (χ0v) is 8.36. The Hall–Kier alpha value is -0.970. The number of nitrogens with one attached hydrogen (secondary N) is 1. The van der Waals surface area contributed by atoms with Crippen molar-refractivity contribution < 1.29 is 13.2 Å². The lowest BCUT2D eigenvalue weighted by molar-refractivity contribution is -0.151. The van der Waals surface area contributed by atoms with Crippen LogP contribution in [0.3, 0.4) is 0 Å². The van der Waals surface area contributed by atoms with Crippen molar-refractivity contribution in [1.29, 1.82) is 0 Å². The summed E-state index contributed by atoms with van der Waals surface area (Å²) < 4.78 is 37.6. The van der Waals surface area contributed by atoms with Gasteiger partial charge in [-0.05, 0) is 25.0 Å². The Bertz CT molecular complexity index is 357. The molecule has 82 valence electrons. The van der Waals surface area contributed by atoms with Gasteiger partial charge < -0.3 is 5.32 Å². The van der Waals surface area contributed by atoms with Crippen molar-refractivity contribution in [2.45, 2.75) is 24.6 Å². The van der Waals surface area contributed by atoms with Gasteiger partial charge in [0.15, 0.2) is 0 Å². The highest BCUT2D eigenvalue weighted by molar-refractivity contribution is 6.30. The van der Waals surface area contributed by atoms with Crippen LogP contribution >= 0.6 is 11.6 Å². The molecule has 1 heterocycles. The summed E-state index contributed by atoms with van der Waals surface area (Å²) in [5, 5.41) is 2.80. The lowest BCUT2D eigenvalue weighted by Crippen LogP contribution is -2.38. The third-order valence-electron chi connectivity index (χ3n) is 2.39. The highest BCUT2D eigenvalue weighted by atomic mass is 35.5. The Balaban J connectivity index is 2.13. The first-order valence-electron chi connectivity index (χ1n) is 4.39. The van der Waals surface area contributed by atoms with Gasteiger partial charge in [0, 0.05) is 6.20 Å². The van der Waals surface area contributed by atoms with Crippen LogP contribution in [0.1, 0.15) is 12.8 Å². The van der Waals surface area contributed by atoms with Crippen LogP contribution < -0.4 is 5.32 Å². The predicted octanol–water partition coefficient (Wildman–Crippen LogP) is 3.24. The van der Waals surface area contributed by atoms with E-state index in [1.165, 1.54) is 18.3 Å². The van der Waals surface area contributed by atoms with Gasteiger partial charge in [-0.25, -0.2) is 4.98 Å². The zero-order valence-electron chi connectivity index (χ0n) is 7.61. The second-order valence-corrected chi connectivity index (χ2v) is 4.00. The van der Waals surface area contributed by atoms with Crippen LogP contribution in [0.15, 0.2) is 18.3 Å². The maximum absolute atomic E-state index is 12.5. The van der Waals surface area contributed by atoms with E-state index in [1.54, 1.807) is 0 Å². The van der Waals surface area contributed by atoms with Crippen LogP contribution in [-0.2, 0) is 0 Å². The summed E-state index contributed by atoms with van der Waals surface area (Å²) in [4.78, 5) is 3.77. The van der Waals surface area contributed by atoms with Gasteiger partial charge in [0.05, 0.1) is 5.02 Å². The first-order valence-corrected chi connectivity index (χ1v) is 4.77. The predicted molar refractivity (Wildman–Crippen MR) is 50.9 cm³/mol. The summed E-state index contributed by atoms with van der Waals surface area (Å²) in [5.41, 5.74) is -1.77. The van der Waals surface area contributed by atoms with Crippen LogP contribution in [-0.4, -0.2) is 16.7 Å². The lowest BCUT2D eigenvalue weighted by atomic mass is 10.2. The molecule has 0 radical (unpaired) electrons. The van der Waals surface area contributed by atoms with Crippen molar-refractivity contribution >= 4 is 17.4 Å². The van der Waals surface area contributed by atoms with Gasteiger partial charge in [0.25, 0.3) is 0 Å². The SMILES string of the molecule is FC(F)(F)C1(Nc2ccc(Cl)cn2)CC1. The maximum atomic E-state index is 12.5. The van der Waals surface area contributed by atoms with Gasteiger partial charge in [0.1, 0.15) is 11.4 Å². The fourth-order valence-corrected chi connectivity index (χ4v) is 1.41. The Morgan fingerprint density at radius 3 is 2.40 bits per heavy atom. The summed E-state index contributed by atoms with van der Waals surface area (Å²) in [6.07, 6.45) is -2.72. The maximum Gasteiger partial charge on any atom is 0.411 e. The second-order valence-electron chi connectivity index (χ2n) is 3.57. The van der Waals surface area contributed by atoms with Crippen molar-refractivity contribution in [1.82, 2.24) is 4.98 Å². The smallest absolute Gasteiger partial charge is 0.356 e. The molecule has 0 saturated heterocycles. The number of anilines is 1. The molecule has 1 aliphatic carbocycles. The summed E-state index contributed by atoms with van der Waals surface area (Å²) in [6.45, 7) is 0. The Morgan fingerprint density at radius 1 is 1.33 bits per heavy atom. The van der Waals surface area contributed by atoms with Gasteiger partial charge >= 0.3 is 6.18 Å². The fraction of sp³-hybridized carbons (Fsp3) is 0.444. The molecule has 2 rings (SSSR count). The van der Waals surface area contributed by atoms with E-state index in [0.717, 1.165) is 0 Å². The van der Waals surface area contributed by atoms with Gasteiger partial charge in [-0.15, -0.1) is 0 Å². The third kappa shape index (κ3) is 2.02. The van der Waals surface area contributed by atoms with Gasteiger partial charge in [-0.3, -0.25) is 0 Å². The quantitative estimate of drug-likeness (QED) is 0.853. The van der Waals surface area contributed by atoms with Crippen LogP contribution in [0.4, 0.5) is 19.0 Å². The van der Waals surface area contributed by atoms with Crippen LogP contribution in [0.2, 0.25) is 5.02 Å². The summed E-state index contributed by atoms with van der Waals surface area (Å²) in [5.74, 6) is 0.203. The van der Waals surface area contributed by atoms with E-state index in [4.69, 9.17) is 11.6 Å². The van der Waals surface area contributed by atoms with Crippen LogP contribution in [0, 0.1) is 0 Å². The number of halogens is 4. The first-order chi connectivity index (χ1) is 6.93. The van der Waals surface area contributed by atoms with E-state index in [1.807, 2.05) is 0 Å². The molecule has 0 bridgehead atoms. The minimum absolute atomic E-state index is 0.0980. The molecule has 1 aliphatic rings. The molecular formula is C9H8ClF3N2. The van der Waals surface area contributed by atoms with E-state index >= 15 is 0 Å². The number of hydrogen-bond donors (Lipinski definition) is 1. The highest BCUT2D eigenvalue weighted by Crippen LogP contribution is 2.50. The average Bonchev–Trinajstić information content (AvgIpc) is 2.89. The van der Waals surface area contributed by atoms with Gasteiger partial charge in [0.2, 0.25) is 0 Å². The minimum Gasteiger partial charge on any atom is -0.356 e. The van der Waals surface area contributed by atoms with Crippen molar-refractivity contribution in [3.8, 4) is 0 Å². The molecule has 0 unspecified atom stereocenters. The van der Waals surface area contributed by atoms with Gasteiger partial charge in [-0.2, -0.15) is 13.2 Å². The lowest BCUT2D eigenvalue weighted by Gasteiger charge is -2.21. The molecule has 1 fully saturated rings. The van der Waals surface area contributed by atoms with E-state index in [9.17, 15) is 13.2 Å². The zero-order chi connectivity index (χ0) is 11.1. The van der Waals surface area contributed by atoms with Crippen LogP contribution in [0.5, 0.6) is 0 Å². The highest BCUT2D eigenvalue weighted by Gasteiger charge is 2.63. The molecule has 1 saturated carbocycles. The average molecular weight is 237 g/mol. The molecule has 0 aliphatic heterocycles. The summed E-state index contributed by atoms with van der Waals surface area (Å²) in [7, 11) is 0. The van der Waals surface area contributed by atoms with Crippen molar-refractivity contribution in [3.63, 3.8) is 0 Å². The van der Waals surface area contributed by atoms with Gasteiger partial charge in [-0.1, -0.05) is 11.6 Å². The molecule has 6 heteroatoms. The van der Waals surface area contributed by atoms with Crippen molar-refractivity contribution in [3.05, 3.63) is 23.4 Å². The standard InChI is InChI=1S/C9H8ClF3N2/c10-6-1-2-7(14-5-6)15-8(3-4-8)9(11,12)13/h1-2,5H,3-4H2,(H,14,15). The second kappa shape index (κ2) is 3.27. The van der Waals surface area contributed by atoms with E-state index in [2.05, 4.69) is 10.3 Å². The molecule has 1 aromatic heterocycles. The number of pyridine rings is 1.